The standard InChI is InChI=1S/C23H19ClN4O3.C5H10O/c1-31-23-13(24)4-2-6-16(23)27-22-19-14(5-3-7-17(19)29)26-21(22)12-10-11-25-15-8-9-18(30)28-20(12)15;1-2-4-6-5-3-1/h2,4,6,8-11,26-27H,3,5,7H2,1H3,(H,28,30);1-5H2. The second kappa shape index (κ2) is 11.2. The van der Waals surface area contributed by atoms with E-state index in [0.717, 1.165) is 37.3 Å². The number of aromatic amines is 2. The SMILES string of the molecule is C1CCOCC1.COc1c(Cl)cccc1Nc1c(-c2ccnc3ccc(=O)[nH]c23)[nH]c2c1C(=O)CCC2. The first kappa shape index (κ1) is 25.0. The van der Waals surface area contributed by atoms with Gasteiger partial charge >= 0.3 is 0 Å². The number of carbonyl (C=O) groups is 1. The number of aryl methyl sites for hydroxylation is 1. The summed E-state index contributed by atoms with van der Waals surface area (Å²) >= 11 is 6.31. The van der Waals surface area contributed by atoms with Gasteiger partial charge in [0.1, 0.15) is 0 Å². The van der Waals surface area contributed by atoms with Crippen LogP contribution in [0.25, 0.3) is 22.3 Å². The maximum Gasteiger partial charge on any atom is 0.248 e. The summed E-state index contributed by atoms with van der Waals surface area (Å²) in [6.07, 6.45) is 7.66. The number of nitrogens with one attached hydrogen (secondary N) is 3. The Morgan fingerprint density at radius 3 is 2.57 bits per heavy atom. The van der Waals surface area contributed by atoms with E-state index < -0.39 is 0 Å². The Balaban J connectivity index is 0.000000412. The van der Waals surface area contributed by atoms with Crippen molar-refractivity contribution in [2.24, 2.45) is 0 Å². The lowest BCUT2D eigenvalue weighted by atomic mass is 9.94. The van der Waals surface area contributed by atoms with Gasteiger partial charge in [-0.1, -0.05) is 17.7 Å². The third-order valence-electron chi connectivity index (χ3n) is 6.59. The Bertz CT molecular complexity index is 1480. The number of halogens is 1. The van der Waals surface area contributed by atoms with Crippen LogP contribution in [0.2, 0.25) is 5.02 Å². The lowest BCUT2D eigenvalue weighted by molar-refractivity contribution is 0.0967. The number of para-hydroxylation sites is 1. The predicted octanol–water partition coefficient (Wildman–Crippen LogP) is 6.03. The Morgan fingerprint density at radius 1 is 1.00 bits per heavy atom. The molecule has 1 fully saturated rings. The molecule has 0 atom stereocenters. The first-order chi connectivity index (χ1) is 18.1. The molecule has 0 amide bonds. The van der Waals surface area contributed by atoms with Crippen LogP contribution in [0.4, 0.5) is 11.4 Å². The molecule has 8 nitrogen and oxygen atoms in total. The van der Waals surface area contributed by atoms with Gasteiger partial charge in [0.05, 0.1) is 45.8 Å². The number of anilines is 2. The van der Waals surface area contributed by atoms with Gasteiger partial charge in [-0.3, -0.25) is 14.6 Å². The van der Waals surface area contributed by atoms with E-state index in [1.807, 2.05) is 18.2 Å². The number of ketones is 1. The van der Waals surface area contributed by atoms with Gasteiger partial charge in [0.2, 0.25) is 5.56 Å². The Kier molecular flexibility index (Phi) is 7.58. The molecule has 1 aromatic carbocycles. The molecule has 0 bridgehead atoms. The maximum atomic E-state index is 12.9. The molecule has 1 aliphatic heterocycles. The summed E-state index contributed by atoms with van der Waals surface area (Å²) < 4.78 is 10.5. The predicted molar refractivity (Wildman–Crippen MR) is 145 cm³/mol. The van der Waals surface area contributed by atoms with Gasteiger partial charge < -0.3 is 24.8 Å². The number of aromatic nitrogens is 3. The van der Waals surface area contributed by atoms with Gasteiger partial charge in [0.15, 0.2) is 11.5 Å². The van der Waals surface area contributed by atoms with Crippen LogP contribution in [-0.2, 0) is 11.2 Å². The number of H-pyrrole nitrogens is 2. The number of benzene rings is 1. The molecule has 37 heavy (non-hydrogen) atoms. The fraction of sp³-hybridized carbons (Fsp3) is 0.321. The average Bonchev–Trinajstić information content (AvgIpc) is 3.29. The van der Waals surface area contributed by atoms with Crippen molar-refractivity contribution in [3.8, 4) is 17.0 Å². The normalized spacial score (nSPS) is 15.0. The molecular formula is C28H29ClN4O4. The van der Waals surface area contributed by atoms with E-state index in [0.29, 0.717) is 50.9 Å². The number of fused-ring (bicyclic) bond motifs is 2. The zero-order valence-electron chi connectivity index (χ0n) is 20.7. The van der Waals surface area contributed by atoms with Crippen molar-refractivity contribution in [3.05, 3.63) is 69.2 Å². The van der Waals surface area contributed by atoms with E-state index in [1.54, 1.807) is 25.4 Å². The van der Waals surface area contributed by atoms with E-state index in [1.165, 1.54) is 25.3 Å². The minimum absolute atomic E-state index is 0.0686. The highest BCUT2D eigenvalue weighted by atomic mass is 35.5. The van der Waals surface area contributed by atoms with E-state index in [4.69, 9.17) is 21.1 Å². The average molecular weight is 521 g/mol. The molecule has 3 N–H and O–H groups in total. The summed E-state index contributed by atoms with van der Waals surface area (Å²) in [6.45, 7) is 2.00. The second-order valence-electron chi connectivity index (χ2n) is 9.07. The summed E-state index contributed by atoms with van der Waals surface area (Å²) in [5, 5.41) is 3.84. The van der Waals surface area contributed by atoms with Crippen molar-refractivity contribution in [2.45, 2.75) is 38.5 Å². The lowest BCUT2D eigenvalue weighted by Crippen LogP contribution is -2.11. The second-order valence-corrected chi connectivity index (χ2v) is 9.47. The van der Waals surface area contributed by atoms with Gasteiger partial charge in [-0.2, -0.15) is 0 Å². The van der Waals surface area contributed by atoms with Crippen molar-refractivity contribution in [3.63, 3.8) is 0 Å². The van der Waals surface area contributed by atoms with E-state index in [9.17, 15) is 9.59 Å². The third-order valence-corrected chi connectivity index (χ3v) is 6.88. The summed E-state index contributed by atoms with van der Waals surface area (Å²) in [5.74, 6) is 0.556. The van der Waals surface area contributed by atoms with Crippen LogP contribution in [0, 0.1) is 0 Å². The molecule has 0 spiro atoms. The number of rotatable bonds is 4. The van der Waals surface area contributed by atoms with Gasteiger partial charge in [-0.25, -0.2) is 0 Å². The van der Waals surface area contributed by atoms with Crippen molar-refractivity contribution in [2.75, 3.05) is 25.6 Å². The first-order valence-electron chi connectivity index (χ1n) is 12.5. The van der Waals surface area contributed by atoms with Gasteiger partial charge in [0, 0.05) is 43.2 Å². The van der Waals surface area contributed by atoms with Crippen LogP contribution >= 0.6 is 11.6 Å². The summed E-state index contributed by atoms with van der Waals surface area (Å²) in [4.78, 5) is 35.6. The molecular weight excluding hydrogens is 492 g/mol. The van der Waals surface area contributed by atoms with Crippen LogP contribution in [0.3, 0.4) is 0 Å². The number of pyridine rings is 2. The van der Waals surface area contributed by atoms with Crippen LogP contribution in [0.1, 0.15) is 48.2 Å². The number of Topliss-reactive ketones (excluding diaryl/α,β-unsaturated/α-hetero) is 1. The molecule has 4 aromatic rings. The molecule has 0 saturated carbocycles. The Morgan fingerprint density at radius 2 is 1.84 bits per heavy atom. The molecule has 192 valence electrons. The highest BCUT2D eigenvalue weighted by molar-refractivity contribution is 6.32. The van der Waals surface area contributed by atoms with Crippen molar-refractivity contribution in [1.29, 1.82) is 0 Å². The zero-order valence-corrected chi connectivity index (χ0v) is 21.4. The van der Waals surface area contributed by atoms with Gasteiger partial charge in [-0.05, 0) is 56.4 Å². The number of ether oxygens (including phenoxy) is 2. The maximum absolute atomic E-state index is 12.9. The quantitative estimate of drug-likeness (QED) is 0.303. The van der Waals surface area contributed by atoms with Crippen LogP contribution in [0.5, 0.6) is 5.75 Å². The Hall–Kier alpha value is -3.62. The molecule has 3 aromatic heterocycles. The van der Waals surface area contributed by atoms with E-state index in [2.05, 4.69) is 20.3 Å². The number of nitrogens with zero attached hydrogens (tertiary/aromatic N) is 1. The number of hydrogen-bond donors (Lipinski definition) is 3. The van der Waals surface area contributed by atoms with Gasteiger partial charge in [-0.15, -0.1) is 0 Å². The van der Waals surface area contributed by atoms with Crippen LogP contribution < -0.4 is 15.6 Å². The molecule has 6 rings (SSSR count). The monoisotopic (exact) mass is 520 g/mol. The highest BCUT2D eigenvalue weighted by Gasteiger charge is 2.28. The molecule has 4 heterocycles. The van der Waals surface area contributed by atoms with Crippen LogP contribution in [-0.4, -0.2) is 41.1 Å². The summed E-state index contributed by atoms with van der Waals surface area (Å²) in [7, 11) is 1.55. The summed E-state index contributed by atoms with van der Waals surface area (Å²) in [6, 6.07) is 10.3. The van der Waals surface area contributed by atoms with Crippen molar-refractivity contribution >= 4 is 39.8 Å². The molecule has 2 aliphatic rings. The molecule has 9 heteroatoms. The smallest absolute Gasteiger partial charge is 0.248 e. The molecule has 0 unspecified atom stereocenters. The molecule has 0 radical (unpaired) electrons. The first-order valence-corrected chi connectivity index (χ1v) is 12.9. The number of methoxy groups -OCH3 is 1. The number of hydrogen-bond acceptors (Lipinski definition) is 6. The zero-order chi connectivity index (χ0) is 25.8. The Labute approximate surface area is 219 Å². The highest BCUT2D eigenvalue weighted by Crippen LogP contribution is 2.42. The van der Waals surface area contributed by atoms with Crippen LogP contribution in [0.15, 0.2) is 47.4 Å². The minimum Gasteiger partial charge on any atom is -0.493 e. The van der Waals surface area contributed by atoms with Crippen molar-refractivity contribution in [1.82, 2.24) is 15.0 Å². The topological polar surface area (TPSA) is 109 Å². The fourth-order valence-corrected chi connectivity index (χ4v) is 5.08. The van der Waals surface area contributed by atoms with Crippen molar-refractivity contribution < 1.29 is 14.3 Å². The largest absolute Gasteiger partial charge is 0.493 e. The minimum atomic E-state index is -0.222. The van der Waals surface area contributed by atoms with Gasteiger partial charge in [0.25, 0.3) is 0 Å². The lowest BCUT2D eigenvalue weighted by Gasteiger charge is -2.16. The molecule has 1 saturated heterocycles. The summed E-state index contributed by atoms with van der Waals surface area (Å²) in [5.41, 5.74) is 5.26. The van der Waals surface area contributed by atoms with E-state index in [-0.39, 0.29) is 11.3 Å². The third kappa shape index (κ3) is 5.26. The fourth-order valence-electron chi connectivity index (χ4n) is 4.82. The van der Waals surface area contributed by atoms with E-state index >= 15 is 0 Å². The molecule has 1 aliphatic carbocycles. The number of carbonyl (C=O) groups excluding carboxylic acids is 1.